The Balaban J connectivity index is 0.000000123. The number of amides is 4. The largest absolute Gasteiger partial charge is 0.508 e. The molecule has 0 atom stereocenters. The highest BCUT2D eigenvalue weighted by atomic mass is 16.3. The number of phenols is 4. The van der Waals surface area contributed by atoms with Crippen LogP contribution >= 0.6 is 0 Å². The van der Waals surface area contributed by atoms with Gasteiger partial charge in [0.1, 0.15) is 45.8 Å². The maximum atomic E-state index is 13.1. The van der Waals surface area contributed by atoms with E-state index in [1.807, 2.05) is 297 Å². The highest BCUT2D eigenvalue weighted by molar-refractivity contribution is 5.98. The van der Waals surface area contributed by atoms with Crippen molar-refractivity contribution in [2.24, 2.45) is 0 Å². The predicted molar refractivity (Wildman–Crippen MR) is 554 cm³/mol. The molecule has 21 rings (SSSR count). The summed E-state index contributed by atoms with van der Waals surface area (Å²) in [6, 6.07) is 105. The van der Waals surface area contributed by atoms with Gasteiger partial charge in [-0.25, -0.2) is 39.9 Å². The summed E-state index contributed by atoms with van der Waals surface area (Å²) in [6.45, 7) is 0. The molecule has 20 heteroatoms. The highest BCUT2D eigenvalue weighted by Gasteiger charge is 2.28. The van der Waals surface area contributed by atoms with Gasteiger partial charge in [-0.15, -0.1) is 0 Å². The number of aryl methyl sites for hydroxylation is 10. The molecule has 4 aromatic heterocycles. The Kier molecular flexibility index (Phi) is 29.2. The number of rotatable bonds is 23. The second kappa shape index (κ2) is 44.1. The number of phenolic OH excluding ortho intramolecular Hbond substituents is 4. The van der Waals surface area contributed by atoms with Gasteiger partial charge in [0.15, 0.2) is 23.3 Å². The van der Waals surface area contributed by atoms with Crippen LogP contribution in [0.2, 0.25) is 0 Å². The third kappa shape index (κ3) is 24.0. The summed E-state index contributed by atoms with van der Waals surface area (Å²) in [5.41, 5.74) is 25.5. The molecule has 0 fully saturated rings. The average Bonchev–Trinajstić information content (AvgIpc) is 0.782. The van der Waals surface area contributed by atoms with Gasteiger partial charge in [-0.05, 0) is 245 Å². The molecule has 0 bridgehead atoms. The quantitative estimate of drug-likeness (QED) is 0.0295. The van der Waals surface area contributed by atoms with Crippen LogP contribution in [-0.4, -0.2) is 83.9 Å². The SMILES string of the molecule is O=C(CCCc1ccccc1)Nc1nc2c(nc1/C=C/c1ccccc1)-c1ccc(O)cc1CC2.O=C(CCc1ccccc1)Nc1nc2c(nc1/C=C/c1ccccc1)-c1ccc(O)cc1CC2.O=C(Cc1ccc2ccccc2c1)Nc1nc2c(nc1/C=C/c1ccccc1)-c1ccc(O)cc1CC2.O=C(Cc1ccccc1)Nc1nc2c(nc1/C=C/c1ccccc1)-c1ccc(O)cc1CC2. The van der Waals surface area contributed by atoms with E-state index in [1.165, 1.54) is 5.56 Å². The van der Waals surface area contributed by atoms with E-state index in [4.69, 9.17) is 39.9 Å². The number of fused-ring (bicyclic) bond motifs is 13. The van der Waals surface area contributed by atoms with Gasteiger partial charge in [-0.1, -0.05) is 279 Å². The molecule has 13 aromatic carbocycles. The summed E-state index contributed by atoms with van der Waals surface area (Å²) < 4.78 is 0. The minimum absolute atomic E-state index is 0.0642. The molecule has 0 saturated heterocycles. The molecule has 4 amide bonds. The van der Waals surface area contributed by atoms with Crippen molar-refractivity contribution in [2.75, 3.05) is 21.3 Å². The second-order valence-electron chi connectivity index (χ2n) is 34.4. The van der Waals surface area contributed by atoms with E-state index in [2.05, 4.69) is 51.6 Å². The van der Waals surface area contributed by atoms with E-state index in [9.17, 15) is 39.6 Å². The lowest BCUT2D eigenvalue weighted by molar-refractivity contribution is -0.117. The summed E-state index contributed by atoms with van der Waals surface area (Å²) in [5.74, 6) is 2.46. The van der Waals surface area contributed by atoms with Crippen molar-refractivity contribution in [1.29, 1.82) is 0 Å². The van der Waals surface area contributed by atoms with Crippen molar-refractivity contribution in [2.45, 2.75) is 96.3 Å². The number of aromatic nitrogens is 8. The smallest absolute Gasteiger partial charge is 0.230 e. The van der Waals surface area contributed by atoms with E-state index in [-0.39, 0.29) is 59.5 Å². The van der Waals surface area contributed by atoms with Gasteiger partial charge >= 0.3 is 0 Å². The van der Waals surface area contributed by atoms with Crippen molar-refractivity contribution < 1.29 is 39.6 Å². The maximum Gasteiger partial charge on any atom is 0.230 e. The minimum Gasteiger partial charge on any atom is -0.508 e. The summed E-state index contributed by atoms with van der Waals surface area (Å²) in [7, 11) is 0. The molecule has 0 unspecified atom stereocenters. The van der Waals surface area contributed by atoms with Gasteiger partial charge in [0.05, 0.1) is 58.4 Å². The standard InChI is InChI=1S/C32H25N3O2.C30H27N3O2.C29H25N3O2.C28H23N3O2/c36-26-14-15-27-25(20-26)13-17-28-31(27)33-29(16-11-21-6-2-1-3-7-21)32(34-28)35-30(37)19-22-10-12-23-8-4-5-9-24(23)18-22;34-24-16-17-25-23(20-24)15-19-26-29(25)31-27(18-14-22-10-5-2-6-11-22)30(32-26)33-28(35)13-7-12-21-8-3-1-4-9-21;33-23-14-15-24-22(19-23)13-17-25-28(24)30-26(16-11-20-7-3-1-4-8-20)29(31-25)32-27(34)18-12-21-9-5-2-6-10-21;32-22-13-14-23-21(18-22)12-16-24-27(23)29-25(15-11-19-7-3-1-4-8-19)28(30-24)31-26(33)17-20-9-5-2-6-10-20/h1-12,14-16,18,20,36H,13,17,19H2,(H,34,35,37);1-6,8-11,14,16-18,20,34H,7,12-13,15,19H2,(H,32,33,35);1-11,14-16,19,33H,12-13,17-18H2,(H,31,32,34);1-11,13-15,18,32H,12,16-17H2,(H,30,31,33)/b16-11+;18-14+;16-11+;15-11+. The molecule has 0 aliphatic heterocycles. The van der Waals surface area contributed by atoms with E-state index in [1.54, 1.807) is 48.5 Å². The Morgan fingerprint density at radius 1 is 0.245 bits per heavy atom. The van der Waals surface area contributed by atoms with Crippen molar-refractivity contribution in [1.82, 2.24) is 39.9 Å². The third-order valence-corrected chi connectivity index (χ3v) is 24.4. The van der Waals surface area contributed by atoms with Crippen LogP contribution in [0.4, 0.5) is 23.3 Å². The topological polar surface area (TPSA) is 300 Å². The van der Waals surface area contributed by atoms with Crippen LogP contribution in [0.1, 0.15) is 132 Å². The van der Waals surface area contributed by atoms with Crippen LogP contribution in [0.15, 0.2) is 328 Å². The molecule has 0 saturated carbocycles. The Bertz CT molecular complexity index is 7470. The number of anilines is 4. The Morgan fingerprint density at radius 2 is 0.525 bits per heavy atom. The molecule has 4 heterocycles. The van der Waals surface area contributed by atoms with E-state index in [0.717, 1.165) is 178 Å². The lowest BCUT2D eigenvalue weighted by Gasteiger charge is -2.20. The van der Waals surface area contributed by atoms with Crippen molar-refractivity contribution in [3.63, 3.8) is 0 Å². The number of carbonyl (C=O) groups excluding carboxylic acids is 4. The maximum absolute atomic E-state index is 13.1. The Hall–Kier alpha value is -17.5. The van der Waals surface area contributed by atoms with Crippen LogP contribution in [0, 0.1) is 0 Å². The molecule has 0 spiro atoms. The molecule has 0 radical (unpaired) electrons. The zero-order chi connectivity index (χ0) is 95.2. The van der Waals surface area contributed by atoms with Gasteiger partial charge in [0.25, 0.3) is 0 Å². The lowest BCUT2D eigenvalue weighted by Crippen LogP contribution is -2.19. The van der Waals surface area contributed by atoms with Gasteiger partial charge in [-0.3, -0.25) is 19.2 Å². The first-order chi connectivity index (χ1) is 68.1. The fraction of sp³-hybridized carbons (Fsp3) is 0.126. The number of carbonyl (C=O) groups is 4. The number of aromatic hydroxyl groups is 4. The average molecular weight is 1830 g/mol. The van der Waals surface area contributed by atoms with Crippen LogP contribution in [0.3, 0.4) is 0 Å². The molecule has 4 aliphatic rings. The van der Waals surface area contributed by atoms with Crippen LogP contribution in [0.5, 0.6) is 23.0 Å². The van der Waals surface area contributed by atoms with E-state index < -0.39 is 0 Å². The van der Waals surface area contributed by atoms with Gasteiger partial charge < -0.3 is 41.7 Å². The fourth-order valence-electron chi connectivity index (χ4n) is 17.4. The number of benzene rings is 13. The fourth-order valence-corrected chi connectivity index (χ4v) is 17.4. The number of nitrogens with zero attached hydrogens (tertiary/aromatic N) is 8. The zero-order valence-electron chi connectivity index (χ0n) is 76.4. The van der Waals surface area contributed by atoms with Crippen LogP contribution < -0.4 is 21.3 Å². The number of hydrogen-bond acceptors (Lipinski definition) is 16. The molecule has 139 heavy (non-hydrogen) atoms. The molecule has 4 aliphatic carbocycles. The number of nitrogens with one attached hydrogen (secondary N) is 4. The van der Waals surface area contributed by atoms with Crippen LogP contribution in [0.25, 0.3) is 104 Å². The summed E-state index contributed by atoms with van der Waals surface area (Å²) >= 11 is 0. The molecular weight excluding hydrogens is 1730 g/mol. The molecule has 8 N–H and O–H groups in total. The Labute approximate surface area is 806 Å². The highest BCUT2D eigenvalue weighted by Crippen LogP contribution is 2.41. The first-order valence-corrected chi connectivity index (χ1v) is 46.7. The summed E-state index contributed by atoms with van der Waals surface area (Å²) in [6.07, 6.45) is 24.9. The summed E-state index contributed by atoms with van der Waals surface area (Å²) in [4.78, 5) is 90.6. The first kappa shape index (κ1) is 92.0. The van der Waals surface area contributed by atoms with Gasteiger partial charge in [0, 0.05) is 35.1 Å². The summed E-state index contributed by atoms with van der Waals surface area (Å²) in [5, 5.41) is 53.8. The first-order valence-electron chi connectivity index (χ1n) is 46.7. The second-order valence-corrected chi connectivity index (χ2v) is 34.4. The van der Waals surface area contributed by atoms with E-state index in [0.29, 0.717) is 91.0 Å². The van der Waals surface area contributed by atoms with Crippen molar-refractivity contribution in [3.8, 4) is 68.0 Å². The third-order valence-electron chi connectivity index (χ3n) is 24.4. The molecular formula is C119H100N12O8. The minimum atomic E-state index is -0.139. The van der Waals surface area contributed by atoms with Crippen LogP contribution in [-0.2, 0) is 96.2 Å². The molecule has 20 nitrogen and oxygen atoms in total. The molecule has 684 valence electrons. The molecule has 17 aromatic rings. The van der Waals surface area contributed by atoms with Gasteiger partial charge in [0.2, 0.25) is 23.6 Å². The van der Waals surface area contributed by atoms with Crippen molar-refractivity contribution in [3.05, 3.63) is 440 Å². The van der Waals surface area contributed by atoms with E-state index >= 15 is 0 Å². The monoisotopic (exact) mass is 1820 g/mol. The lowest BCUT2D eigenvalue weighted by atomic mass is 9.91. The normalized spacial score (nSPS) is 12.3. The Morgan fingerprint density at radius 3 is 0.863 bits per heavy atom. The van der Waals surface area contributed by atoms with Crippen molar-refractivity contribution >= 4 is 106 Å². The zero-order valence-corrected chi connectivity index (χ0v) is 76.4. The predicted octanol–water partition coefficient (Wildman–Crippen LogP) is 23.5. The van der Waals surface area contributed by atoms with Gasteiger partial charge in [-0.2, -0.15) is 0 Å². The number of hydrogen-bond donors (Lipinski definition) is 8.